The highest BCUT2D eigenvalue weighted by Gasteiger charge is 2.00. The Hall–Kier alpha value is 0.270. The highest BCUT2D eigenvalue weighted by Crippen LogP contribution is 2.02. The number of aliphatic hydroxyl groups is 1. The van der Waals surface area contributed by atoms with Crippen molar-refractivity contribution in [1.29, 1.82) is 0 Å². The van der Waals surface area contributed by atoms with Crippen LogP contribution in [-0.2, 0) is 4.74 Å². The van der Waals surface area contributed by atoms with Crippen molar-refractivity contribution < 1.29 is 9.84 Å². The summed E-state index contributed by atoms with van der Waals surface area (Å²) in [7, 11) is 1.61. The number of hydrogen-bond acceptors (Lipinski definition) is 3. The Morgan fingerprint density at radius 3 is 2.80 bits per heavy atom. The summed E-state index contributed by atoms with van der Waals surface area (Å²) in [5.41, 5.74) is 0. The maximum absolute atomic E-state index is 9.14. The molecule has 0 bridgehead atoms. The van der Waals surface area contributed by atoms with Crippen molar-refractivity contribution in [2.45, 2.75) is 18.9 Å². The molecule has 0 heterocycles. The fraction of sp³-hybridized carbons (Fsp3) is 1.00. The van der Waals surface area contributed by atoms with Gasteiger partial charge in [0.25, 0.3) is 0 Å². The van der Waals surface area contributed by atoms with Gasteiger partial charge in [0.05, 0.1) is 12.7 Å². The minimum Gasteiger partial charge on any atom is -0.391 e. The number of thioether (sulfide) groups is 1. The third-order valence-electron chi connectivity index (χ3n) is 1.24. The summed E-state index contributed by atoms with van der Waals surface area (Å²) in [5.74, 6) is 1.13. The molecular formula is C7H16O2S. The van der Waals surface area contributed by atoms with Gasteiger partial charge in [0.1, 0.15) is 0 Å². The van der Waals surface area contributed by atoms with Crippen LogP contribution in [0.1, 0.15) is 12.8 Å². The largest absolute Gasteiger partial charge is 0.391 e. The van der Waals surface area contributed by atoms with Crippen molar-refractivity contribution in [3.05, 3.63) is 0 Å². The van der Waals surface area contributed by atoms with Crippen LogP contribution in [-0.4, -0.2) is 36.9 Å². The Bertz CT molecular complexity index is 68.6. The second-order valence-corrected chi connectivity index (χ2v) is 3.23. The number of aliphatic hydroxyl groups excluding tert-OH is 1. The summed E-state index contributed by atoms with van der Waals surface area (Å²) >= 11 is 1.81. The molecule has 0 saturated heterocycles. The quantitative estimate of drug-likeness (QED) is 0.597. The maximum atomic E-state index is 9.14. The highest BCUT2D eigenvalue weighted by atomic mass is 32.2. The van der Waals surface area contributed by atoms with Crippen molar-refractivity contribution in [2.75, 3.05) is 25.7 Å². The summed E-state index contributed by atoms with van der Waals surface area (Å²) in [6.45, 7) is 0.467. The van der Waals surface area contributed by atoms with Gasteiger partial charge in [0, 0.05) is 7.11 Å². The van der Waals surface area contributed by atoms with Crippen molar-refractivity contribution in [2.24, 2.45) is 0 Å². The molecule has 0 radical (unpaired) electrons. The molecule has 3 heteroatoms. The average Bonchev–Trinajstić information content (AvgIpc) is 1.89. The second kappa shape index (κ2) is 7.38. The summed E-state index contributed by atoms with van der Waals surface area (Å²) in [5, 5.41) is 9.14. The van der Waals surface area contributed by atoms with Gasteiger partial charge in [-0.25, -0.2) is 0 Å². The average molecular weight is 164 g/mol. The van der Waals surface area contributed by atoms with E-state index in [1.165, 1.54) is 0 Å². The predicted molar refractivity (Wildman–Crippen MR) is 45.5 cm³/mol. The predicted octanol–water partition coefficient (Wildman–Crippen LogP) is 1.14. The molecule has 0 aromatic rings. The number of methoxy groups -OCH3 is 1. The van der Waals surface area contributed by atoms with Crippen molar-refractivity contribution in [1.82, 2.24) is 0 Å². The van der Waals surface area contributed by atoms with Gasteiger partial charge in [-0.2, -0.15) is 11.8 Å². The van der Waals surface area contributed by atoms with Gasteiger partial charge in [0.15, 0.2) is 0 Å². The molecule has 0 spiro atoms. The molecule has 0 amide bonds. The van der Waals surface area contributed by atoms with Gasteiger partial charge in [-0.15, -0.1) is 0 Å². The molecule has 0 saturated carbocycles. The van der Waals surface area contributed by atoms with Crippen LogP contribution in [0.15, 0.2) is 0 Å². The van der Waals surface area contributed by atoms with E-state index in [9.17, 15) is 0 Å². The van der Waals surface area contributed by atoms with E-state index in [1.54, 1.807) is 7.11 Å². The van der Waals surface area contributed by atoms with Crippen molar-refractivity contribution in [3.8, 4) is 0 Å². The molecule has 62 valence electrons. The Morgan fingerprint density at radius 1 is 1.60 bits per heavy atom. The molecule has 0 aliphatic rings. The molecule has 0 fully saturated rings. The van der Waals surface area contributed by atoms with E-state index in [4.69, 9.17) is 9.84 Å². The van der Waals surface area contributed by atoms with Gasteiger partial charge < -0.3 is 9.84 Å². The first-order valence-corrected chi connectivity index (χ1v) is 4.86. The van der Waals surface area contributed by atoms with Crippen molar-refractivity contribution >= 4 is 11.8 Å². The fourth-order valence-corrected chi connectivity index (χ4v) is 1.19. The first kappa shape index (κ1) is 10.3. The standard InChI is InChI=1S/C7H16O2S/c1-9-6-7(8)4-3-5-10-2/h7-8H,3-6H2,1-2H3. The summed E-state index contributed by atoms with van der Waals surface area (Å²) in [6.07, 6.45) is 3.74. The Morgan fingerprint density at radius 2 is 2.30 bits per heavy atom. The minimum atomic E-state index is -0.267. The van der Waals surface area contributed by atoms with E-state index in [1.807, 2.05) is 11.8 Å². The van der Waals surface area contributed by atoms with Crippen LogP contribution in [0, 0.1) is 0 Å². The van der Waals surface area contributed by atoms with E-state index < -0.39 is 0 Å². The Labute approximate surface area is 67.0 Å². The maximum Gasteiger partial charge on any atom is 0.0773 e. The minimum absolute atomic E-state index is 0.267. The summed E-state index contributed by atoms with van der Waals surface area (Å²) < 4.78 is 4.78. The lowest BCUT2D eigenvalue weighted by Crippen LogP contribution is -2.13. The highest BCUT2D eigenvalue weighted by molar-refractivity contribution is 7.98. The van der Waals surface area contributed by atoms with Gasteiger partial charge in [0.2, 0.25) is 0 Å². The van der Waals surface area contributed by atoms with Crippen LogP contribution in [0.5, 0.6) is 0 Å². The van der Waals surface area contributed by atoms with Gasteiger partial charge in [-0.3, -0.25) is 0 Å². The third-order valence-corrected chi connectivity index (χ3v) is 1.94. The SMILES string of the molecule is COCC(O)CCCSC. The van der Waals surface area contributed by atoms with Crippen LogP contribution in [0.4, 0.5) is 0 Å². The smallest absolute Gasteiger partial charge is 0.0773 e. The molecule has 10 heavy (non-hydrogen) atoms. The first-order chi connectivity index (χ1) is 4.81. The Balaban J connectivity index is 2.97. The molecule has 0 aliphatic carbocycles. The monoisotopic (exact) mass is 164 g/mol. The molecule has 0 aliphatic heterocycles. The molecule has 0 aromatic carbocycles. The molecule has 0 aromatic heterocycles. The lowest BCUT2D eigenvalue weighted by Gasteiger charge is -2.07. The van der Waals surface area contributed by atoms with Gasteiger partial charge in [-0.1, -0.05) is 0 Å². The molecule has 1 atom stereocenters. The summed E-state index contributed by atoms with van der Waals surface area (Å²) in [6, 6.07) is 0. The lowest BCUT2D eigenvalue weighted by atomic mass is 10.2. The van der Waals surface area contributed by atoms with Crippen LogP contribution in [0.2, 0.25) is 0 Å². The number of hydrogen-bond donors (Lipinski definition) is 1. The zero-order valence-corrected chi connectivity index (χ0v) is 7.49. The van der Waals surface area contributed by atoms with Crippen LogP contribution in [0.25, 0.3) is 0 Å². The number of rotatable bonds is 6. The zero-order valence-electron chi connectivity index (χ0n) is 6.67. The molecule has 1 N–H and O–H groups in total. The molecule has 2 nitrogen and oxygen atoms in total. The van der Waals surface area contributed by atoms with E-state index in [0.29, 0.717) is 6.61 Å². The number of ether oxygens (including phenoxy) is 1. The third kappa shape index (κ3) is 6.39. The van der Waals surface area contributed by atoms with E-state index >= 15 is 0 Å². The lowest BCUT2D eigenvalue weighted by molar-refractivity contribution is 0.0591. The summed E-state index contributed by atoms with van der Waals surface area (Å²) in [4.78, 5) is 0. The van der Waals surface area contributed by atoms with E-state index in [-0.39, 0.29) is 6.10 Å². The Kier molecular flexibility index (Phi) is 7.58. The van der Waals surface area contributed by atoms with Crippen molar-refractivity contribution in [3.63, 3.8) is 0 Å². The van der Waals surface area contributed by atoms with Gasteiger partial charge >= 0.3 is 0 Å². The van der Waals surface area contributed by atoms with Gasteiger partial charge in [-0.05, 0) is 24.9 Å². The molecule has 1 unspecified atom stereocenters. The normalized spacial score (nSPS) is 13.5. The van der Waals surface area contributed by atoms with Crippen LogP contribution >= 0.6 is 11.8 Å². The second-order valence-electron chi connectivity index (χ2n) is 2.24. The fourth-order valence-electron chi connectivity index (χ4n) is 0.739. The zero-order chi connectivity index (χ0) is 7.82. The van der Waals surface area contributed by atoms with Crippen LogP contribution in [0.3, 0.4) is 0 Å². The van der Waals surface area contributed by atoms with E-state index in [0.717, 1.165) is 18.6 Å². The first-order valence-electron chi connectivity index (χ1n) is 3.47. The molecular weight excluding hydrogens is 148 g/mol. The van der Waals surface area contributed by atoms with E-state index in [2.05, 4.69) is 6.26 Å². The molecule has 0 rings (SSSR count). The topological polar surface area (TPSA) is 29.5 Å². The van der Waals surface area contributed by atoms with Crippen LogP contribution < -0.4 is 0 Å².